The average Bonchev–Trinajstić information content (AvgIpc) is 3.70. The van der Waals surface area contributed by atoms with Crippen LogP contribution in [-0.4, -0.2) is 57.2 Å². The molecule has 10 heteroatoms. The number of epoxide rings is 1. The van der Waals surface area contributed by atoms with Gasteiger partial charge in [0.05, 0.1) is 31.0 Å². The van der Waals surface area contributed by atoms with Gasteiger partial charge in [0.25, 0.3) is 0 Å². The molecule has 0 radical (unpaired) electrons. The van der Waals surface area contributed by atoms with Crippen LogP contribution in [0, 0.1) is 5.41 Å². The fraction of sp³-hybridized carbons (Fsp3) is 0.412. The van der Waals surface area contributed by atoms with Gasteiger partial charge in [0.2, 0.25) is 5.91 Å². The van der Waals surface area contributed by atoms with Gasteiger partial charge in [0.15, 0.2) is 0 Å². The van der Waals surface area contributed by atoms with E-state index in [9.17, 15) is 14.7 Å². The first-order valence-corrected chi connectivity index (χ1v) is 16.1. The molecule has 2 amide bonds. The molecule has 3 saturated heterocycles. The maximum Gasteiger partial charge on any atom is 0.411 e. The van der Waals surface area contributed by atoms with Gasteiger partial charge < -0.3 is 24.6 Å². The second kappa shape index (κ2) is 12.7. The third kappa shape index (κ3) is 6.30. The number of benzene rings is 3. The minimum Gasteiger partial charge on any atom is -0.493 e. The monoisotopic (exact) mass is 711 g/mol. The SMILES string of the molecule is CCOc1cc(NC(=O)CCc2ccc(-c3ccccc3)c(NC(=O)OC3CC(C)(C)C4C5OC5C3N4I)c2)ccc1CO. The van der Waals surface area contributed by atoms with Gasteiger partial charge in [-0.1, -0.05) is 62.4 Å². The Morgan fingerprint density at radius 3 is 2.61 bits per heavy atom. The molecule has 0 spiro atoms. The summed E-state index contributed by atoms with van der Waals surface area (Å²) in [5.74, 6) is 0.399. The lowest BCUT2D eigenvalue weighted by Crippen LogP contribution is -2.56. The first-order chi connectivity index (χ1) is 21.2. The van der Waals surface area contributed by atoms with E-state index in [-0.39, 0.29) is 48.7 Å². The number of fused-ring (bicyclic) bond motifs is 5. The highest BCUT2D eigenvalue weighted by Gasteiger charge is 2.70. The van der Waals surface area contributed by atoms with Crippen LogP contribution >= 0.6 is 22.9 Å². The number of anilines is 2. The van der Waals surface area contributed by atoms with Crippen molar-refractivity contribution in [3.8, 4) is 16.9 Å². The number of carbonyl (C=O) groups is 2. The fourth-order valence-corrected chi connectivity index (χ4v) is 8.43. The van der Waals surface area contributed by atoms with Crippen molar-refractivity contribution in [2.45, 2.75) is 77.0 Å². The third-order valence-electron chi connectivity index (χ3n) is 8.79. The Labute approximate surface area is 271 Å². The summed E-state index contributed by atoms with van der Waals surface area (Å²) in [7, 11) is 0. The van der Waals surface area contributed by atoms with E-state index >= 15 is 0 Å². The van der Waals surface area contributed by atoms with Crippen LogP contribution in [-0.2, 0) is 27.3 Å². The number of ether oxygens (including phenoxy) is 3. The van der Waals surface area contributed by atoms with Crippen LogP contribution in [0.25, 0.3) is 11.1 Å². The lowest BCUT2D eigenvalue weighted by Gasteiger charge is -2.46. The number of piperidine rings is 1. The van der Waals surface area contributed by atoms with E-state index in [0.29, 0.717) is 41.8 Å². The Hall–Kier alpha value is -3.19. The Morgan fingerprint density at radius 2 is 1.86 bits per heavy atom. The van der Waals surface area contributed by atoms with Crippen molar-refractivity contribution in [3.05, 3.63) is 77.9 Å². The Morgan fingerprint density at radius 1 is 1.07 bits per heavy atom. The topological polar surface area (TPSA) is 113 Å². The molecule has 9 nitrogen and oxygen atoms in total. The quantitative estimate of drug-likeness (QED) is 0.128. The van der Waals surface area contributed by atoms with Crippen LogP contribution in [0.4, 0.5) is 16.2 Å². The average molecular weight is 712 g/mol. The van der Waals surface area contributed by atoms with Crippen LogP contribution < -0.4 is 15.4 Å². The zero-order valence-electron chi connectivity index (χ0n) is 25.1. The highest BCUT2D eigenvalue weighted by atomic mass is 127. The first kappa shape index (κ1) is 30.8. The number of aliphatic hydroxyl groups is 1. The number of hydrogen-bond acceptors (Lipinski definition) is 7. The lowest BCUT2D eigenvalue weighted by molar-refractivity contribution is -0.116. The van der Waals surface area contributed by atoms with Gasteiger partial charge >= 0.3 is 6.09 Å². The van der Waals surface area contributed by atoms with Gasteiger partial charge in [-0.15, -0.1) is 0 Å². The molecule has 0 aliphatic carbocycles. The molecule has 3 aliphatic rings. The smallest absolute Gasteiger partial charge is 0.411 e. The number of hydrogen-bond donors (Lipinski definition) is 3. The molecule has 6 rings (SSSR count). The molecule has 3 aliphatic heterocycles. The minimum absolute atomic E-state index is 0.0420. The van der Waals surface area contributed by atoms with E-state index in [1.54, 1.807) is 18.2 Å². The highest BCUT2D eigenvalue weighted by Crippen LogP contribution is 2.57. The maximum atomic E-state index is 13.4. The molecular formula is C34H38IN3O6. The Bertz CT molecular complexity index is 1530. The molecule has 3 fully saturated rings. The molecule has 5 unspecified atom stereocenters. The van der Waals surface area contributed by atoms with Crippen LogP contribution in [0.5, 0.6) is 5.75 Å². The number of aryl methyl sites for hydroxylation is 1. The van der Waals surface area contributed by atoms with E-state index < -0.39 is 6.09 Å². The van der Waals surface area contributed by atoms with E-state index in [0.717, 1.165) is 23.1 Å². The molecule has 232 valence electrons. The summed E-state index contributed by atoms with van der Waals surface area (Å²) < 4.78 is 19.9. The minimum atomic E-state index is -0.498. The summed E-state index contributed by atoms with van der Waals surface area (Å²) in [5.41, 5.74) is 4.60. The molecule has 2 bridgehead atoms. The van der Waals surface area contributed by atoms with E-state index in [4.69, 9.17) is 14.2 Å². The fourth-order valence-electron chi connectivity index (χ4n) is 6.68. The van der Waals surface area contributed by atoms with Gasteiger partial charge in [-0.3, -0.25) is 10.1 Å². The maximum absolute atomic E-state index is 13.4. The second-order valence-electron chi connectivity index (χ2n) is 12.3. The number of rotatable bonds is 10. The predicted molar refractivity (Wildman–Crippen MR) is 177 cm³/mol. The standard InChI is InChI=1S/C34H38IN3O6/c1-4-42-26-17-23(13-12-22(26)19-39)36-28(40)15-11-20-10-14-24(21-8-6-5-7-9-21)25(16-20)37-33(41)43-27-18-34(2,3)32-31-30(44-31)29(27)38(32)35/h5-10,12-14,16-17,27,29-32,39H,4,11,15,18-19H2,1-3H3,(H,36,40)(H,37,41). The second-order valence-corrected chi connectivity index (χ2v) is 13.4. The molecule has 3 heterocycles. The number of halogens is 1. The Balaban J connectivity index is 1.15. The largest absolute Gasteiger partial charge is 0.493 e. The van der Waals surface area contributed by atoms with Crippen molar-refractivity contribution >= 4 is 46.2 Å². The molecule has 3 N–H and O–H groups in total. The molecule has 0 aromatic heterocycles. The van der Waals surface area contributed by atoms with Gasteiger partial charge in [0, 0.05) is 52.2 Å². The molecule has 3 aromatic rings. The predicted octanol–water partition coefficient (Wildman–Crippen LogP) is 6.33. The zero-order valence-corrected chi connectivity index (χ0v) is 27.2. The summed E-state index contributed by atoms with van der Waals surface area (Å²) in [6, 6.07) is 21.3. The molecule has 3 aromatic carbocycles. The highest BCUT2D eigenvalue weighted by molar-refractivity contribution is 14.1. The van der Waals surface area contributed by atoms with Crippen molar-refractivity contribution < 1.29 is 28.9 Å². The van der Waals surface area contributed by atoms with Crippen molar-refractivity contribution in [2.75, 3.05) is 17.2 Å². The molecule has 0 saturated carbocycles. The summed E-state index contributed by atoms with van der Waals surface area (Å²) in [6.45, 7) is 6.62. The number of aliphatic hydroxyl groups excluding tert-OH is 1. The van der Waals surface area contributed by atoms with Gasteiger partial charge in [0.1, 0.15) is 24.1 Å². The summed E-state index contributed by atoms with van der Waals surface area (Å²) in [5, 5.41) is 15.5. The molecule has 44 heavy (non-hydrogen) atoms. The van der Waals surface area contributed by atoms with Crippen LogP contribution in [0.15, 0.2) is 66.7 Å². The van der Waals surface area contributed by atoms with Crippen molar-refractivity contribution in [2.24, 2.45) is 5.41 Å². The Kier molecular flexibility index (Phi) is 8.87. The van der Waals surface area contributed by atoms with Crippen LogP contribution in [0.1, 0.15) is 44.7 Å². The number of amides is 2. The summed E-state index contributed by atoms with van der Waals surface area (Å²) in [6.07, 6.45) is 1.05. The first-order valence-electron chi connectivity index (χ1n) is 15.1. The van der Waals surface area contributed by atoms with E-state index in [1.807, 2.05) is 55.5 Å². The zero-order chi connectivity index (χ0) is 31.0. The molecule has 5 atom stereocenters. The van der Waals surface area contributed by atoms with Gasteiger partial charge in [-0.05, 0) is 48.4 Å². The van der Waals surface area contributed by atoms with Crippen LogP contribution in [0.2, 0.25) is 0 Å². The van der Waals surface area contributed by atoms with E-state index in [2.05, 4.69) is 50.5 Å². The third-order valence-corrected chi connectivity index (χ3v) is 10.0. The number of nitrogens with zero attached hydrogens (tertiary/aromatic N) is 1. The number of morpholine rings is 1. The van der Waals surface area contributed by atoms with Crippen molar-refractivity contribution in [3.63, 3.8) is 0 Å². The van der Waals surface area contributed by atoms with Crippen molar-refractivity contribution in [1.29, 1.82) is 0 Å². The lowest BCUT2D eigenvalue weighted by atomic mass is 9.77. The molecular weight excluding hydrogens is 673 g/mol. The summed E-state index contributed by atoms with van der Waals surface area (Å²) in [4.78, 5) is 26.2. The van der Waals surface area contributed by atoms with E-state index in [1.165, 1.54) is 0 Å². The normalized spacial score (nSPS) is 24.7. The number of carbonyl (C=O) groups excluding carboxylic acids is 2. The summed E-state index contributed by atoms with van der Waals surface area (Å²) >= 11 is 2.37. The van der Waals surface area contributed by atoms with Crippen molar-refractivity contribution in [1.82, 2.24) is 3.11 Å². The number of nitrogens with one attached hydrogen (secondary N) is 2. The van der Waals surface area contributed by atoms with Gasteiger partial charge in [-0.2, -0.15) is 0 Å². The van der Waals surface area contributed by atoms with Crippen LogP contribution in [0.3, 0.4) is 0 Å². The van der Waals surface area contributed by atoms with Gasteiger partial charge in [-0.25, -0.2) is 7.91 Å².